The molecule has 1 unspecified atom stereocenters. The standard InChI is InChI=1S/C78H60N4O/c1-55-45-47-65(48-46-55)82(77-44-22-30-59-26-14-18-40-73(59)77)69-52-61(51-68(54-69)81(64-35-9-4-10-36-64)76-43-21-29-58-25-13-17-39-72(58)76)78(83)60-49-66(79(62-31-5-2-6-32-62)74-41-19-27-56-23-11-15-37-70(56)74)53-67(50-60)80(63-33-7-3-8-34-63)75-42-20-28-57-24-12-16-38-71(57)75/h2-7,9-33,35-45,47-55H,8,34,46H2,1H3. The molecule has 0 saturated heterocycles. The van der Waals surface area contributed by atoms with Crippen LogP contribution in [0, 0.1) is 5.92 Å². The highest BCUT2D eigenvalue weighted by atomic mass is 16.1. The van der Waals surface area contributed by atoms with Crippen LogP contribution in [0.1, 0.15) is 42.1 Å². The van der Waals surface area contributed by atoms with Crippen LogP contribution in [-0.4, -0.2) is 5.78 Å². The van der Waals surface area contributed by atoms with Gasteiger partial charge in [0.25, 0.3) is 0 Å². The maximum Gasteiger partial charge on any atom is 0.193 e. The van der Waals surface area contributed by atoms with Crippen molar-refractivity contribution < 1.29 is 4.79 Å². The van der Waals surface area contributed by atoms with Gasteiger partial charge >= 0.3 is 0 Å². The summed E-state index contributed by atoms with van der Waals surface area (Å²) in [5, 5.41) is 8.96. The third-order valence-electron chi connectivity index (χ3n) is 16.3. The highest BCUT2D eigenvalue weighted by Crippen LogP contribution is 2.47. The van der Waals surface area contributed by atoms with Crippen LogP contribution in [0.3, 0.4) is 0 Å². The lowest BCUT2D eigenvalue weighted by Gasteiger charge is -2.33. The average Bonchev–Trinajstić information content (AvgIpc) is 3.73. The smallest absolute Gasteiger partial charge is 0.193 e. The van der Waals surface area contributed by atoms with Gasteiger partial charge in [0.1, 0.15) is 0 Å². The summed E-state index contributed by atoms with van der Waals surface area (Å²) in [7, 11) is 0. The molecule has 12 aromatic carbocycles. The van der Waals surface area contributed by atoms with Crippen molar-refractivity contribution in [2.24, 2.45) is 5.92 Å². The number of carbonyl (C=O) groups excluding carboxylic acids is 1. The molecule has 2 aliphatic carbocycles. The summed E-state index contributed by atoms with van der Waals surface area (Å²) in [6.45, 7) is 2.26. The van der Waals surface area contributed by atoms with Gasteiger partial charge in [-0.3, -0.25) is 4.79 Å². The maximum atomic E-state index is 16.9. The molecule has 83 heavy (non-hydrogen) atoms. The number of hydrogen-bond donors (Lipinski definition) is 0. The van der Waals surface area contributed by atoms with Crippen molar-refractivity contribution in [3.8, 4) is 0 Å². The van der Waals surface area contributed by atoms with E-state index in [0.29, 0.717) is 17.0 Å². The van der Waals surface area contributed by atoms with Gasteiger partial charge in [0.15, 0.2) is 5.78 Å². The minimum absolute atomic E-state index is 0.108. The van der Waals surface area contributed by atoms with Crippen LogP contribution in [-0.2, 0) is 0 Å². The minimum Gasteiger partial charge on any atom is -0.313 e. The fraction of sp³-hybridized carbons (Fsp3) is 0.0641. The van der Waals surface area contributed by atoms with E-state index in [2.05, 4.69) is 330 Å². The number of allylic oxidation sites excluding steroid dienone is 7. The Morgan fingerprint density at radius 3 is 1.17 bits per heavy atom. The zero-order valence-electron chi connectivity index (χ0n) is 46.3. The Morgan fingerprint density at radius 2 is 0.759 bits per heavy atom. The molecule has 0 aromatic heterocycles. The van der Waals surface area contributed by atoms with Gasteiger partial charge in [0.05, 0.1) is 22.7 Å². The van der Waals surface area contributed by atoms with Gasteiger partial charge < -0.3 is 19.6 Å². The van der Waals surface area contributed by atoms with Gasteiger partial charge in [0, 0.05) is 78.2 Å². The zero-order chi connectivity index (χ0) is 55.6. The van der Waals surface area contributed by atoms with Gasteiger partial charge in [-0.05, 0) is 144 Å². The summed E-state index contributed by atoms with van der Waals surface area (Å²) >= 11 is 0. The van der Waals surface area contributed by atoms with E-state index in [1.807, 2.05) is 0 Å². The molecule has 12 aromatic rings. The van der Waals surface area contributed by atoms with Gasteiger partial charge in [-0.1, -0.05) is 213 Å². The Hall–Kier alpha value is -10.5. The summed E-state index contributed by atoms with van der Waals surface area (Å²) < 4.78 is 0. The topological polar surface area (TPSA) is 30.0 Å². The molecule has 0 saturated carbocycles. The first-order valence-corrected chi connectivity index (χ1v) is 28.8. The molecule has 2 aliphatic rings. The van der Waals surface area contributed by atoms with Crippen LogP contribution in [0.15, 0.2) is 315 Å². The van der Waals surface area contributed by atoms with Gasteiger partial charge in [0.2, 0.25) is 0 Å². The first-order chi connectivity index (χ1) is 41.0. The Kier molecular flexibility index (Phi) is 13.6. The number of carbonyl (C=O) groups is 1. The number of hydrogen-bond acceptors (Lipinski definition) is 5. The van der Waals surface area contributed by atoms with Crippen LogP contribution in [0.4, 0.5) is 56.9 Å². The van der Waals surface area contributed by atoms with E-state index in [1.165, 1.54) is 0 Å². The van der Waals surface area contributed by atoms with Gasteiger partial charge in [-0.25, -0.2) is 0 Å². The van der Waals surface area contributed by atoms with Crippen molar-refractivity contribution in [3.05, 3.63) is 326 Å². The summed E-state index contributed by atoms with van der Waals surface area (Å²) in [4.78, 5) is 26.3. The van der Waals surface area contributed by atoms with Crippen molar-refractivity contribution in [2.45, 2.75) is 26.2 Å². The molecule has 0 radical (unpaired) electrons. The third-order valence-corrected chi connectivity index (χ3v) is 16.3. The summed E-state index contributed by atoms with van der Waals surface area (Å²) in [6, 6.07) is 94.5. The number of nitrogens with zero attached hydrogens (tertiary/aromatic N) is 4. The van der Waals surface area contributed by atoms with Gasteiger partial charge in [-0.15, -0.1) is 0 Å². The average molecular weight is 1070 g/mol. The van der Waals surface area contributed by atoms with Crippen LogP contribution in [0.2, 0.25) is 0 Å². The van der Waals surface area contributed by atoms with Crippen molar-refractivity contribution in [2.75, 3.05) is 19.6 Å². The van der Waals surface area contributed by atoms with Crippen LogP contribution < -0.4 is 19.6 Å². The van der Waals surface area contributed by atoms with Crippen molar-refractivity contribution in [1.29, 1.82) is 0 Å². The fourth-order valence-electron chi connectivity index (χ4n) is 12.3. The molecule has 0 fully saturated rings. The first-order valence-electron chi connectivity index (χ1n) is 28.8. The van der Waals surface area contributed by atoms with E-state index >= 15 is 4.79 Å². The Balaban J connectivity index is 1.06. The van der Waals surface area contributed by atoms with E-state index in [-0.39, 0.29) is 5.78 Å². The number of anilines is 10. The molecular weight excluding hydrogens is 1010 g/mol. The number of ketones is 1. The van der Waals surface area contributed by atoms with Crippen LogP contribution in [0.25, 0.3) is 43.1 Å². The molecule has 398 valence electrons. The molecule has 0 amide bonds. The zero-order valence-corrected chi connectivity index (χ0v) is 46.3. The van der Waals surface area contributed by atoms with E-state index < -0.39 is 0 Å². The Bertz CT molecular complexity index is 4540. The largest absolute Gasteiger partial charge is 0.313 e. The Labute approximate surface area is 485 Å². The fourth-order valence-corrected chi connectivity index (χ4v) is 12.3. The highest BCUT2D eigenvalue weighted by molar-refractivity contribution is 6.13. The summed E-state index contributed by atoms with van der Waals surface area (Å²) in [5.74, 6) is 0.277. The third kappa shape index (κ3) is 9.83. The van der Waals surface area contributed by atoms with Crippen molar-refractivity contribution in [3.63, 3.8) is 0 Å². The minimum atomic E-state index is -0.108. The van der Waals surface area contributed by atoms with Crippen molar-refractivity contribution >= 4 is 106 Å². The molecular formula is C78H60N4O. The quantitative estimate of drug-likeness (QED) is 0.101. The molecule has 5 nitrogen and oxygen atoms in total. The highest BCUT2D eigenvalue weighted by Gasteiger charge is 2.28. The maximum absolute atomic E-state index is 16.9. The second-order valence-electron chi connectivity index (χ2n) is 21.6. The van der Waals surface area contributed by atoms with Crippen molar-refractivity contribution in [1.82, 2.24) is 0 Å². The second kappa shape index (κ2) is 22.2. The van der Waals surface area contributed by atoms with E-state index in [1.54, 1.807) is 0 Å². The second-order valence-corrected chi connectivity index (χ2v) is 21.6. The predicted molar refractivity (Wildman–Crippen MR) is 350 cm³/mol. The molecule has 0 spiro atoms. The van der Waals surface area contributed by atoms with E-state index in [4.69, 9.17) is 0 Å². The lowest BCUT2D eigenvalue weighted by atomic mass is 9.96. The molecule has 5 heteroatoms. The summed E-state index contributed by atoms with van der Waals surface area (Å²) in [5.41, 5.74) is 12.8. The predicted octanol–water partition coefficient (Wildman–Crippen LogP) is 21.5. The Morgan fingerprint density at radius 1 is 0.386 bits per heavy atom. The monoisotopic (exact) mass is 1070 g/mol. The number of rotatable bonds is 14. The molecule has 0 heterocycles. The van der Waals surface area contributed by atoms with E-state index in [9.17, 15) is 0 Å². The first kappa shape index (κ1) is 50.7. The lowest BCUT2D eigenvalue weighted by Crippen LogP contribution is -2.20. The molecule has 0 N–H and O–H groups in total. The summed E-state index contributed by atoms with van der Waals surface area (Å²) in [6.07, 6.45) is 16.1. The molecule has 0 bridgehead atoms. The van der Waals surface area contributed by atoms with E-state index in [0.717, 1.165) is 131 Å². The van der Waals surface area contributed by atoms with Gasteiger partial charge in [-0.2, -0.15) is 0 Å². The molecule has 0 aliphatic heterocycles. The number of benzene rings is 12. The molecule has 1 atom stereocenters. The van der Waals surface area contributed by atoms with Crippen LogP contribution in [0.5, 0.6) is 0 Å². The molecule has 14 rings (SSSR count). The number of fused-ring (bicyclic) bond motifs is 4. The normalized spacial score (nSPS) is 13.9. The lowest BCUT2D eigenvalue weighted by molar-refractivity contribution is 0.103. The number of para-hydroxylation sites is 2. The van der Waals surface area contributed by atoms with Crippen LogP contribution >= 0.6 is 0 Å². The SMILES string of the molecule is CC1C=CC(N(c2cc(C(=O)c3cc(N(C4=CC=CCC4)c4cccc5ccccc45)cc(N(c4ccccc4)c4cccc5ccccc45)c3)cc(N(c3ccccc3)c3cccc4ccccc34)c2)c2cccc3ccccc23)=CC1.